The van der Waals surface area contributed by atoms with E-state index in [-0.39, 0.29) is 47.5 Å². The number of Topliss-reactive ketones (excluding diaryl/α,β-unsaturated/α-hetero) is 1. The van der Waals surface area contributed by atoms with Crippen molar-refractivity contribution in [3.8, 4) is 0 Å². The highest BCUT2D eigenvalue weighted by atomic mass is 35.5. The van der Waals surface area contributed by atoms with Gasteiger partial charge in [0.15, 0.2) is 5.78 Å². The van der Waals surface area contributed by atoms with Crippen molar-refractivity contribution >= 4 is 86.7 Å². The van der Waals surface area contributed by atoms with Gasteiger partial charge in [0.1, 0.15) is 12.1 Å². The van der Waals surface area contributed by atoms with Crippen molar-refractivity contribution in [2.75, 3.05) is 82.3 Å². The zero-order valence-electron chi connectivity index (χ0n) is 53.9. The number of para-hydroxylation sites is 2. The molecule has 0 spiro atoms. The Morgan fingerprint density at radius 3 is 1.61 bits per heavy atom. The Hall–Kier alpha value is -7.71. The molecule has 0 saturated carbocycles. The lowest BCUT2D eigenvalue weighted by molar-refractivity contribution is -0.138. The quantitative estimate of drug-likeness (QED) is 0.0459. The van der Waals surface area contributed by atoms with Crippen molar-refractivity contribution in [3.63, 3.8) is 0 Å². The van der Waals surface area contributed by atoms with Crippen LogP contribution in [0.3, 0.4) is 0 Å². The van der Waals surface area contributed by atoms with E-state index in [0.717, 1.165) is 55.8 Å². The van der Waals surface area contributed by atoms with Gasteiger partial charge in [-0.2, -0.15) is 0 Å². The monoisotopic (exact) mass is 1340 g/mol. The first kappa shape index (κ1) is 69.1. The van der Waals surface area contributed by atoms with Crippen LogP contribution in [0.15, 0.2) is 181 Å². The van der Waals surface area contributed by atoms with E-state index in [9.17, 15) is 24.0 Å². The van der Waals surface area contributed by atoms with Gasteiger partial charge in [-0.1, -0.05) is 138 Å². The number of hydrogen-bond donors (Lipinski definition) is 5. The number of ketones is 1. The number of nitrogens with one attached hydrogen (secondary N) is 4. The highest BCUT2D eigenvalue weighted by Gasteiger charge is 2.36. The Labute approximate surface area is 571 Å². The molecule has 0 radical (unpaired) electrons. The van der Waals surface area contributed by atoms with Crippen molar-refractivity contribution in [3.05, 3.63) is 245 Å². The van der Waals surface area contributed by atoms with Gasteiger partial charge in [-0.05, 0) is 157 Å². The zero-order valence-corrected chi connectivity index (χ0v) is 57.0. The Bertz CT molecular complexity index is 3770. The molecule has 8 aromatic rings. The average molecular weight is 1340 g/mol. The van der Waals surface area contributed by atoms with Crippen LogP contribution < -0.4 is 36.8 Å². The first-order valence-corrected chi connectivity index (χ1v) is 35.1. The number of halogens is 2. The van der Waals surface area contributed by atoms with Gasteiger partial charge in [-0.3, -0.25) is 28.9 Å². The third-order valence-corrected chi connectivity index (χ3v) is 20.4. The predicted octanol–water partition coefficient (Wildman–Crippen LogP) is 10.6. The number of nitrogens with two attached hydrogens (primary N) is 1. The van der Waals surface area contributed by atoms with Crippen LogP contribution in [-0.2, 0) is 70.8 Å². The molecule has 0 bridgehead atoms. The van der Waals surface area contributed by atoms with E-state index in [1.165, 1.54) is 43.3 Å². The number of fused-ring (bicyclic) bond motifs is 2. The van der Waals surface area contributed by atoms with E-state index in [4.69, 9.17) is 28.9 Å². The summed E-state index contributed by atoms with van der Waals surface area (Å²) < 4.78 is 0. The minimum atomic E-state index is -0.699. The molecular formula is C75H86Cl2N10O5S2. The van der Waals surface area contributed by atoms with Crippen LogP contribution in [0.4, 0.5) is 11.4 Å². The van der Waals surface area contributed by atoms with Crippen LogP contribution in [0.1, 0.15) is 78.9 Å². The van der Waals surface area contributed by atoms with E-state index in [2.05, 4.69) is 122 Å². The van der Waals surface area contributed by atoms with Crippen molar-refractivity contribution in [1.29, 1.82) is 0 Å². The van der Waals surface area contributed by atoms with Crippen LogP contribution >= 0.6 is 45.9 Å². The number of amides is 4. The van der Waals surface area contributed by atoms with Crippen molar-refractivity contribution < 1.29 is 24.0 Å². The molecule has 6 N–H and O–H groups in total. The number of carbonyl (C=O) groups is 5. The summed E-state index contributed by atoms with van der Waals surface area (Å²) in [6, 6.07) is 54.0. The van der Waals surface area contributed by atoms with Crippen molar-refractivity contribution in [2.24, 2.45) is 5.73 Å². The van der Waals surface area contributed by atoms with E-state index >= 15 is 0 Å². The standard InChI is InChI=1S/C37H42ClN5O2S.C32H35ClN4O3.C6H9NS/c1-26(39-17-16-31-9-6-22-46-31)32-10-4-5-11-35(32)42-18-20-43(21-19-42)37(45)34(23-27-12-14-30(38)15-13-27)41-36(44)33-24-28-7-2-3-8-29(28)25-40-33;1-22(38)27-9-5-6-10-29(27)36-15-17-37(18-16-36)32(40)28(19-23-11-13-26(33)14-12-23)34-31(39)30-20-24-7-3-4-8-25(24)21-35(30)2;7-4-3-6-2-1-5-8-6/h2-15,22,26,33-34,39-40H,16-21,23-25H2,1H3,(H,41,44);3-14,28,30H,15-21H2,1-2H3,(H,34,39);1-2,5H,3-4,7H2/t26?,33-,34+;28-,30+;/m10./s1. The number of benzene rings is 6. The fourth-order valence-corrected chi connectivity index (χ4v) is 14.5. The highest BCUT2D eigenvalue weighted by Crippen LogP contribution is 2.29. The van der Waals surface area contributed by atoms with Gasteiger partial charge in [0.25, 0.3) is 0 Å². The van der Waals surface area contributed by atoms with Gasteiger partial charge < -0.3 is 46.6 Å². The average Bonchev–Trinajstić information content (AvgIpc) is 0.960. The molecule has 6 aromatic carbocycles. The topological polar surface area (TPSA) is 176 Å². The first-order chi connectivity index (χ1) is 45.7. The number of carbonyl (C=O) groups excluding carboxylic acids is 5. The second-order valence-corrected chi connectivity index (χ2v) is 27.4. The molecular weight excluding hydrogens is 1260 g/mol. The van der Waals surface area contributed by atoms with Gasteiger partial charge in [0, 0.05) is 128 Å². The molecule has 94 heavy (non-hydrogen) atoms. The van der Waals surface area contributed by atoms with Gasteiger partial charge >= 0.3 is 0 Å². The lowest BCUT2D eigenvalue weighted by Crippen LogP contribution is -2.58. The third-order valence-electron chi connectivity index (χ3n) is 18.0. The van der Waals surface area contributed by atoms with Gasteiger partial charge in [-0.25, -0.2) is 0 Å². The van der Waals surface area contributed by atoms with Crippen LogP contribution in [0.5, 0.6) is 0 Å². The number of rotatable bonds is 20. The molecule has 492 valence electrons. The number of nitrogens with zero attached hydrogens (tertiary/aromatic N) is 5. The number of thiophene rings is 2. The molecule has 19 heteroatoms. The Balaban J connectivity index is 0.000000184. The smallest absolute Gasteiger partial charge is 0.245 e. The summed E-state index contributed by atoms with van der Waals surface area (Å²) >= 11 is 15.8. The molecule has 2 saturated heterocycles. The number of anilines is 2. The molecule has 2 aromatic heterocycles. The molecule has 1 unspecified atom stereocenters. The lowest BCUT2D eigenvalue weighted by Gasteiger charge is -2.39. The van der Waals surface area contributed by atoms with Gasteiger partial charge in [0.05, 0.1) is 12.1 Å². The van der Waals surface area contributed by atoms with Crippen LogP contribution in [0.2, 0.25) is 10.0 Å². The Morgan fingerprint density at radius 1 is 0.564 bits per heavy atom. The molecule has 12 rings (SSSR count). The fraction of sp³-hybridized carbons (Fsp3) is 0.347. The highest BCUT2D eigenvalue weighted by molar-refractivity contribution is 7.10. The summed E-state index contributed by atoms with van der Waals surface area (Å²) in [7, 11) is 1.95. The zero-order chi connectivity index (χ0) is 65.9. The maximum absolute atomic E-state index is 14.1. The van der Waals surface area contributed by atoms with Crippen LogP contribution in [-0.4, -0.2) is 141 Å². The molecule has 5 atom stereocenters. The van der Waals surface area contributed by atoms with Gasteiger partial charge in [-0.15, -0.1) is 22.7 Å². The van der Waals surface area contributed by atoms with E-state index < -0.39 is 12.1 Å². The van der Waals surface area contributed by atoms with Gasteiger partial charge in [0.2, 0.25) is 23.6 Å². The normalized spacial score (nSPS) is 17.2. The number of piperazine rings is 2. The summed E-state index contributed by atoms with van der Waals surface area (Å²) in [5.41, 5.74) is 16.1. The maximum atomic E-state index is 14.1. The number of likely N-dealkylation sites (N-methyl/N-ethyl adjacent to an activating group) is 1. The molecule has 6 heterocycles. The van der Waals surface area contributed by atoms with Crippen molar-refractivity contribution in [2.45, 2.75) is 95.7 Å². The summed E-state index contributed by atoms with van der Waals surface area (Å²) in [6.07, 6.45) is 4.03. The van der Waals surface area contributed by atoms with E-state index in [1.54, 1.807) is 41.7 Å². The molecule has 4 aliphatic heterocycles. The maximum Gasteiger partial charge on any atom is 0.245 e. The SMILES string of the molecule is CC(=O)c1ccccc1N1CCN(C(=O)[C@H](Cc2ccc(Cl)cc2)NC(=O)[C@H]2Cc3ccccc3CN2C)CC1.CC(NCCc1cccs1)c1ccccc1N1CCN(C(=O)[C@H](Cc2ccc(Cl)cc2)NC(=O)[C@H]2Cc3ccccc3CN2)CC1.NCCc1cccs1. The fourth-order valence-electron chi connectivity index (χ4n) is 12.8. The molecule has 4 amide bonds. The van der Waals surface area contributed by atoms with E-state index in [0.29, 0.717) is 93.7 Å². The second kappa shape index (κ2) is 34.1. The molecule has 0 aliphatic carbocycles. The Kier molecular flexibility index (Phi) is 25.1. The largest absolute Gasteiger partial charge is 0.368 e. The van der Waals surface area contributed by atoms with Crippen LogP contribution in [0, 0.1) is 0 Å². The van der Waals surface area contributed by atoms with Crippen molar-refractivity contribution in [1.82, 2.24) is 36.0 Å². The Morgan fingerprint density at radius 2 is 1.05 bits per heavy atom. The predicted molar refractivity (Wildman–Crippen MR) is 382 cm³/mol. The van der Waals surface area contributed by atoms with Crippen LogP contribution in [0.25, 0.3) is 0 Å². The second-order valence-electron chi connectivity index (χ2n) is 24.5. The molecule has 15 nitrogen and oxygen atoms in total. The molecule has 2 fully saturated rings. The minimum absolute atomic E-state index is 0.0233. The molecule has 4 aliphatic rings. The summed E-state index contributed by atoms with van der Waals surface area (Å²) in [6.45, 7) is 11.7. The lowest BCUT2D eigenvalue weighted by atomic mass is 9.93. The summed E-state index contributed by atoms with van der Waals surface area (Å²) in [4.78, 5) is 80.3. The van der Waals surface area contributed by atoms with E-state index in [1.807, 2.05) is 107 Å². The summed E-state index contributed by atoms with van der Waals surface area (Å²) in [5, 5.41) is 18.8. The minimum Gasteiger partial charge on any atom is -0.368 e. The summed E-state index contributed by atoms with van der Waals surface area (Å²) in [5.74, 6) is -0.402. The third kappa shape index (κ3) is 18.8. The first-order valence-electron chi connectivity index (χ1n) is 32.6. The number of hydrogen-bond acceptors (Lipinski definition) is 13.